The molecule has 0 radical (unpaired) electrons. The number of hydrogen-bond donors (Lipinski definition) is 0. The van der Waals surface area contributed by atoms with Crippen LogP contribution in [0, 0.1) is 0 Å². The van der Waals surface area contributed by atoms with E-state index in [9.17, 15) is 9.59 Å². The normalized spacial score (nSPS) is 14.4. The average Bonchev–Trinajstić information content (AvgIpc) is 3.30. The minimum atomic E-state index is -0.530. The van der Waals surface area contributed by atoms with Gasteiger partial charge in [0.05, 0.1) is 12.3 Å². The highest BCUT2D eigenvalue weighted by Gasteiger charge is 2.30. The number of piperidine rings is 1. The zero-order chi connectivity index (χ0) is 25.7. The summed E-state index contributed by atoms with van der Waals surface area (Å²) in [7, 11) is 0. The molecule has 0 aliphatic carbocycles. The molecule has 4 rings (SSSR count). The molecule has 8 nitrogen and oxygen atoms in total. The summed E-state index contributed by atoms with van der Waals surface area (Å²) >= 11 is 0. The second kappa shape index (κ2) is 10.8. The van der Waals surface area contributed by atoms with Gasteiger partial charge in [0.2, 0.25) is 0 Å². The molecular formula is C28H33N3O5. The largest absolute Gasteiger partial charge is 0.461 e. The van der Waals surface area contributed by atoms with Gasteiger partial charge in [-0.15, -0.1) is 0 Å². The van der Waals surface area contributed by atoms with Crippen molar-refractivity contribution in [2.45, 2.75) is 52.1 Å². The van der Waals surface area contributed by atoms with E-state index in [2.05, 4.69) is 5.10 Å². The van der Waals surface area contributed by atoms with Crippen LogP contribution >= 0.6 is 0 Å². The highest BCUT2D eigenvalue weighted by Crippen LogP contribution is 2.32. The van der Waals surface area contributed by atoms with Gasteiger partial charge in [-0.2, -0.15) is 5.10 Å². The maximum atomic E-state index is 12.5. The van der Waals surface area contributed by atoms with E-state index in [0.717, 1.165) is 30.0 Å². The molecule has 0 bridgehead atoms. The van der Waals surface area contributed by atoms with Gasteiger partial charge in [0, 0.05) is 24.7 Å². The zero-order valence-corrected chi connectivity index (χ0v) is 21.3. The molecule has 0 atom stereocenters. The molecule has 2 heterocycles. The van der Waals surface area contributed by atoms with Crippen LogP contribution in [0.3, 0.4) is 0 Å². The molecular weight excluding hydrogens is 458 g/mol. The molecule has 1 amide bonds. The highest BCUT2D eigenvalue weighted by molar-refractivity contribution is 5.87. The lowest BCUT2D eigenvalue weighted by molar-refractivity contribution is 0.0203. The summed E-state index contributed by atoms with van der Waals surface area (Å²) in [5.74, 6) is 1.13. The summed E-state index contributed by atoms with van der Waals surface area (Å²) in [4.78, 5) is 26.7. The lowest BCUT2D eigenvalue weighted by Crippen LogP contribution is -2.41. The number of carbonyl (C=O) groups is 2. The van der Waals surface area contributed by atoms with Gasteiger partial charge in [-0.1, -0.05) is 18.2 Å². The third-order valence-electron chi connectivity index (χ3n) is 5.85. The second-order valence-corrected chi connectivity index (χ2v) is 9.74. The molecule has 1 aromatic heterocycles. The van der Waals surface area contributed by atoms with Crippen LogP contribution in [0.5, 0.6) is 11.5 Å². The maximum absolute atomic E-state index is 12.5. The smallest absolute Gasteiger partial charge is 0.410 e. The number of nitrogens with zero attached hydrogens (tertiary/aromatic N) is 3. The average molecular weight is 492 g/mol. The number of para-hydroxylation sites is 1. The minimum absolute atomic E-state index is 0.125. The fraction of sp³-hybridized carbons (Fsp3) is 0.393. The Morgan fingerprint density at radius 2 is 1.61 bits per heavy atom. The van der Waals surface area contributed by atoms with Gasteiger partial charge >= 0.3 is 12.1 Å². The third kappa shape index (κ3) is 6.24. The number of benzene rings is 2. The number of hydrogen-bond acceptors (Lipinski definition) is 6. The quantitative estimate of drug-likeness (QED) is 0.396. The number of carbonyl (C=O) groups excluding carboxylic acids is 2. The predicted molar refractivity (Wildman–Crippen MR) is 136 cm³/mol. The molecule has 0 unspecified atom stereocenters. The Morgan fingerprint density at radius 1 is 0.972 bits per heavy atom. The van der Waals surface area contributed by atoms with E-state index in [1.165, 1.54) is 0 Å². The van der Waals surface area contributed by atoms with Crippen molar-refractivity contribution >= 4 is 12.1 Å². The van der Waals surface area contributed by atoms with Gasteiger partial charge in [0.1, 0.15) is 17.1 Å². The van der Waals surface area contributed by atoms with E-state index in [4.69, 9.17) is 14.2 Å². The lowest BCUT2D eigenvalue weighted by Gasteiger charge is -2.33. The summed E-state index contributed by atoms with van der Waals surface area (Å²) in [6.45, 7) is 8.79. The van der Waals surface area contributed by atoms with Crippen molar-refractivity contribution in [3.05, 3.63) is 72.1 Å². The summed E-state index contributed by atoms with van der Waals surface area (Å²) in [6.07, 6.45) is 1.18. The Morgan fingerprint density at radius 3 is 2.22 bits per heavy atom. The first-order chi connectivity index (χ1) is 17.2. The van der Waals surface area contributed by atoms with Crippen molar-refractivity contribution in [2.24, 2.45) is 0 Å². The highest BCUT2D eigenvalue weighted by atomic mass is 16.6. The first-order valence-electron chi connectivity index (χ1n) is 12.3. The molecule has 1 aliphatic heterocycles. The summed E-state index contributed by atoms with van der Waals surface area (Å²) in [5.41, 5.74) is 1.47. The van der Waals surface area contributed by atoms with E-state index >= 15 is 0 Å². The fourth-order valence-electron chi connectivity index (χ4n) is 4.16. The van der Waals surface area contributed by atoms with Crippen LogP contribution in [0.25, 0.3) is 5.69 Å². The SMILES string of the molecule is CCOC(=O)c1cc(C2CCN(C(=O)OC(C)(C)C)CC2)n(-c2ccc(Oc3ccccc3)cc2)n1. The second-order valence-electron chi connectivity index (χ2n) is 9.74. The Kier molecular flexibility index (Phi) is 7.62. The number of esters is 1. The monoisotopic (exact) mass is 491 g/mol. The topological polar surface area (TPSA) is 82.9 Å². The van der Waals surface area contributed by atoms with E-state index in [1.54, 1.807) is 22.6 Å². The van der Waals surface area contributed by atoms with E-state index in [1.807, 2.05) is 75.4 Å². The Labute approximate surface area is 211 Å². The Balaban J connectivity index is 1.54. The predicted octanol–water partition coefficient (Wildman–Crippen LogP) is 5.96. The van der Waals surface area contributed by atoms with Crippen LogP contribution in [0.15, 0.2) is 60.7 Å². The van der Waals surface area contributed by atoms with Crippen LogP contribution in [0.4, 0.5) is 4.79 Å². The van der Waals surface area contributed by atoms with Crippen LogP contribution < -0.4 is 4.74 Å². The Hall–Kier alpha value is -3.81. The number of likely N-dealkylation sites (tertiary alicyclic amines) is 1. The van der Waals surface area contributed by atoms with Crippen molar-refractivity contribution in [2.75, 3.05) is 19.7 Å². The summed E-state index contributed by atoms with van der Waals surface area (Å²) in [5, 5.41) is 4.59. The molecule has 1 fully saturated rings. The number of amides is 1. The molecule has 1 saturated heterocycles. The standard InChI is InChI=1S/C28H33N3O5/c1-5-34-26(32)24-19-25(20-15-17-30(18-16-20)27(33)36-28(2,3)4)31(29-24)21-11-13-23(14-12-21)35-22-9-7-6-8-10-22/h6-14,19-20H,5,15-18H2,1-4H3. The van der Waals surface area contributed by atoms with Crippen molar-refractivity contribution in [3.8, 4) is 17.2 Å². The van der Waals surface area contributed by atoms with E-state index in [-0.39, 0.29) is 24.3 Å². The van der Waals surface area contributed by atoms with Gasteiger partial charge < -0.3 is 19.1 Å². The minimum Gasteiger partial charge on any atom is -0.461 e. The maximum Gasteiger partial charge on any atom is 0.410 e. The van der Waals surface area contributed by atoms with Crippen molar-refractivity contribution in [3.63, 3.8) is 0 Å². The van der Waals surface area contributed by atoms with Crippen LogP contribution in [0.2, 0.25) is 0 Å². The third-order valence-corrected chi connectivity index (χ3v) is 5.85. The van der Waals surface area contributed by atoms with E-state index in [0.29, 0.717) is 18.8 Å². The molecule has 0 saturated carbocycles. The van der Waals surface area contributed by atoms with Crippen LogP contribution in [-0.2, 0) is 9.47 Å². The van der Waals surface area contributed by atoms with Crippen molar-refractivity contribution in [1.29, 1.82) is 0 Å². The summed E-state index contributed by atoms with van der Waals surface area (Å²) in [6, 6.07) is 19.0. The molecule has 8 heteroatoms. The van der Waals surface area contributed by atoms with Gasteiger partial charge in [-0.3, -0.25) is 0 Å². The molecule has 190 valence electrons. The molecule has 1 aliphatic rings. The fourth-order valence-corrected chi connectivity index (χ4v) is 4.16. The first kappa shape index (κ1) is 25.3. The lowest BCUT2D eigenvalue weighted by atomic mass is 9.93. The molecule has 36 heavy (non-hydrogen) atoms. The zero-order valence-electron chi connectivity index (χ0n) is 21.3. The van der Waals surface area contributed by atoms with Gasteiger partial charge in [0.15, 0.2) is 5.69 Å². The first-order valence-corrected chi connectivity index (χ1v) is 12.3. The number of ether oxygens (including phenoxy) is 3. The van der Waals surface area contributed by atoms with Crippen molar-refractivity contribution < 1.29 is 23.8 Å². The molecule has 0 spiro atoms. The number of aromatic nitrogens is 2. The molecule has 0 N–H and O–H groups in total. The van der Waals surface area contributed by atoms with Crippen molar-refractivity contribution in [1.82, 2.24) is 14.7 Å². The number of rotatable bonds is 6. The van der Waals surface area contributed by atoms with E-state index < -0.39 is 11.6 Å². The van der Waals surface area contributed by atoms with Crippen LogP contribution in [0.1, 0.15) is 62.6 Å². The van der Waals surface area contributed by atoms with Gasteiger partial charge in [-0.25, -0.2) is 14.3 Å². The molecule has 3 aromatic rings. The van der Waals surface area contributed by atoms with Crippen LogP contribution in [-0.4, -0.2) is 52.0 Å². The Bertz CT molecular complexity index is 1170. The summed E-state index contributed by atoms with van der Waals surface area (Å²) < 4.78 is 18.4. The van der Waals surface area contributed by atoms with Gasteiger partial charge in [0.25, 0.3) is 0 Å². The molecule has 2 aromatic carbocycles. The van der Waals surface area contributed by atoms with Gasteiger partial charge in [-0.05, 0) is 83.0 Å².